The summed E-state index contributed by atoms with van der Waals surface area (Å²) in [6.45, 7) is 0. The van der Waals surface area contributed by atoms with Crippen molar-refractivity contribution in [1.29, 1.82) is 0 Å². The second-order valence-corrected chi connectivity index (χ2v) is 6.26. The van der Waals surface area contributed by atoms with E-state index in [1.165, 1.54) is 0 Å². The summed E-state index contributed by atoms with van der Waals surface area (Å²) in [7, 11) is 1.66. The SMILES string of the molecule is COc1ccc(NC(=O)C2(c3ccccc3)CC2)c2ccccc12. The number of amides is 1. The lowest BCUT2D eigenvalue weighted by atomic mass is 9.94. The number of ether oxygens (including phenoxy) is 1. The minimum absolute atomic E-state index is 0.0732. The smallest absolute Gasteiger partial charge is 0.235 e. The highest BCUT2D eigenvalue weighted by atomic mass is 16.5. The van der Waals surface area contributed by atoms with E-state index in [-0.39, 0.29) is 11.3 Å². The molecule has 0 bridgehead atoms. The van der Waals surface area contributed by atoms with Crippen LogP contribution in [0, 0.1) is 0 Å². The molecule has 0 atom stereocenters. The van der Waals surface area contributed by atoms with Gasteiger partial charge in [0.15, 0.2) is 0 Å². The number of hydrogen-bond acceptors (Lipinski definition) is 2. The summed E-state index contributed by atoms with van der Waals surface area (Å²) in [4.78, 5) is 13.0. The number of carbonyl (C=O) groups excluding carboxylic acids is 1. The maximum Gasteiger partial charge on any atom is 0.235 e. The van der Waals surface area contributed by atoms with Crippen molar-refractivity contribution >= 4 is 22.4 Å². The zero-order chi connectivity index (χ0) is 16.6. The molecule has 0 radical (unpaired) electrons. The Labute approximate surface area is 141 Å². The van der Waals surface area contributed by atoms with Gasteiger partial charge in [-0.3, -0.25) is 4.79 Å². The molecule has 3 heteroatoms. The molecule has 3 nitrogen and oxygen atoms in total. The van der Waals surface area contributed by atoms with Crippen LogP contribution in [-0.4, -0.2) is 13.0 Å². The van der Waals surface area contributed by atoms with Crippen LogP contribution < -0.4 is 10.1 Å². The summed E-state index contributed by atoms with van der Waals surface area (Å²) in [5.74, 6) is 0.886. The van der Waals surface area contributed by atoms with E-state index in [0.29, 0.717) is 0 Å². The summed E-state index contributed by atoms with van der Waals surface area (Å²) in [5.41, 5.74) is 1.56. The van der Waals surface area contributed by atoms with Gasteiger partial charge in [0.25, 0.3) is 0 Å². The molecule has 3 aromatic carbocycles. The Balaban J connectivity index is 1.69. The number of rotatable bonds is 4. The van der Waals surface area contributed by atoms with Crippen molar-refractivity contribution in [3.63, 3.8) is 0 Å². The van der Waals surface area contributed by atoms with Crippen molar-refractivity contribution in [2.24, 2.45) is 0 Å². The lowest BCUT2D eigenvalue weighted by molar-refractivity contribution is -0.118. The fourth-order valence-electron chi connectivity index (χ4n) is 3.33. The molecule has 1 saturated carbocycles. The third-order valence-corrected chi connectivity index (χ3v) is 4.86. The summed E-state index contributed by atoms with van der Waals surface area (Å²) < 4.78 is 5.42. The Hall–Kier alpha value is -2.81. The van der Waals surface area contributed by atoms with Gasteiger partial charge in [-0.25, -0.2) is 0 Å². The molecule has 1 aliphatic carbocycles. The third kappa shape index (κ3) is 2.33. The fraction of sp³-hybridized carbons (Fsp3) is 0.190. The molecule has 1 amide bonds. The number of hydrogen-bond donors (Lipinski definition) is 1. The number of benzene rings is 3. The Kier molecular flexibility index (Phi) is 3.49. The largest absolute Gasteiger partial charge is 0.496 e. The molecule has 120 valence electrons. The van der Waals surface area contributed by atoms with Gasteiger partial charge in [0.1, 0.15) is 5.75 Å². The van der Waals surface area contributed by atoms with Crippen molar-refractivity contribution in [3.05, 3.63) is 72.3 Å². The highest BCUT2D eigenvalue weighted by molar-refractivity contribution is 6.08. The first-order valence-corrected chi connectivity index (χ1v) is 8.17. The van der Waals surface area contributed by atoms with Crippen LogP contribution in [-0.2, 0) is 10.2 Å². The summed E-state index contributed by atoms with van der Waals surface area (Å²) in [6.07, 6.45) is 1.80. The number of methoxy groups -OCH3 is 1. The molecule has 0 aromatic heterocycles. The Morgan fingerprint density at radius 1 is 0.917 bits per heavy atom. The van der Waals surface area contributed by atoms with Crippen LogP contribution in [0.15, 0.2) is 66.7 Å². The van der Waals surface area contributed by atoms with Gasteiger partial charge in [0, 0.05) is 16.5 Å². The quantitative estimate of drug-likeness (QED) is 0.768. The molecule has 1 N–H and O–H groups in total. The van der Waals surface area contributed by atoms with Gasteiger partial charge in [-0.1, -0.05) is 54.6 Å². The molecular weight excluding hydrogens is 298 g/mol. The number of anilines is 1. The predicted molar refractivity (Wildman–Crippen MR) is 96.5 cm³/mol. The second-order valence-electron chi connectivity index (χ2n) is 6.26. The van der Waals surface area contributed by atoms with Crippen LogP contribution in [0.5, 0.6) is 5.75 Å². The van der Waals surface area contributed by atoms with E-state index in [0.717, 1.165) is 40.6 Å². The first-order chi connectivity index (χ1) is 11.7. The van der Waals surface area contributed by atoms with Gasteiger partial charge in [0.05, 0.1) is 12.5 Å². The lowest BCUT2D eigenvalue weighted by Gasteiger charge is -2.17. The average Bonchev–Trinajstić information content (AvgIpc) is 3.45. The molecule has 0 spiro atoms. The predicted octanol–water partition coefficient (Wildman–Crippen LogP) is 4.52. The van der Waals surface area contributed by atoms with E-state index in [1.807, 2.05) is 66.7 Å². The monoisotopic (exact) mass is 317 g/mol. The van der Waals surface area contributed by atoms with Crippen LogP contribution in [0.1, 0.15) is 18.4 Å². The standard InChI is InChI=1S/C21H19NO2/c1-24-19-12-11-18(16-9-5-6-10-17(16)19)22-20(23)21(13-14-21)15-7-3-2-4-8-15/h2-12H,13-14H2,1H3,(H,22,23). The minimum Gasteiger partial charge on any atom is -0.496 e. The molecule has 0 unspecified atom stereocenters. The Morgan fingerprint density at radius 3 is 2.25 bits per heavy atom. The van der Waals surface area contributed by atoms with Gasteiger partial charge >= 0.3 is 0 Å². The first-order valence-electron chi connectivity index (χ1n) is 8.17. The number of nitrogens with one attached hydrogen (secondary N) is 1. The van der Waals surface area contributed by atoms with E-state index in [2.05, 4.69) is 5.32 Å². The van der Waals surface area contributed by atoms with Crippen molar-refractivity contribution < 1.29 is 9.53 Å². The first kappa shape index (κ1) is 14.8. The topological polar surface area (TPSA) is 38.3 Å². The molecule has 1 aliphatic rings. The summed E-state index contributed by atoms with van der Waals surface area (Å²) in [5, 5.41) is 5.14. The maximum atomic E-state index is 13.0. The molecule has 0 aliphatic heterocycles. The Morgan fingerprint density at radius 2 is 1.58 bits per heavy atom. The Bertz CT molecular complexity index is 898. The fourth-order valence-corrected chi connectivity index (χ4v) is 3.33. The molecular formula is C21H19NO2. The minimum atomic E-state index is -0.373. The van der Waals surface area contributed by atoms with E-state index < -0.39 is 0 Å². The normalized spacial score (nSPS) is 15.0. The van der Waals surface area contributed by atoms with Crippen molar-refractivity contribution in [2.75, 3.05) is 12.4 Å². The van der Waals surface area contributed by atoms with Crippen LogP contribution in [0.2, 0.25) is 0 Å². The van der Waals surface area contributed by atoms with E-state index >= 15 is 0 Å². The van der Waals surface area contributed by atoms with E-state index in [4.69, 9.17) is 4.74 Å². The summed E-state index contributed by atoms with van der Waals surface area (Å²) >= 11 is 0. The highest BCUT2D eigenvalue weighted by Gasteiger charge is 2.51. The molecule has 0 heterocycles. The van der Waals surface area contributed by atoms with E-state index in [9.17, 15) is 4.79 Å². The van der Waals surface area contributed by atoms with Crippen LogP contribution >= 0.6 is 0 Å². The number of fused-ring (bicyclic) bond motifs is 1. The van der Waals surface area contributed by atoms with Gasteiger partial charge in [-0.05, 0) is 30.5 Å². The van der Waals surface area contributed by atoms with Crippen molar-refractivity contribution in [2.45, 2.75) is 18.3 Å². The average molecular weight is 317 g/mol. The molecule has 1 fully saturated rings. The number of carbonyl (C=O) groups is 1. The third-order valence-electron chi connectivity index (χ3n) is 4.86. The molecule has 4 rings (SSSR count). The molecule has 24 heavy (non-hydrogen) atoms. The van der Waals surface area contributed by atoms with Gasteiger partial charge in [-0.2, -0.15) is 0 Å². The van der Waals surface area contributed by atoms with E-state index in [1.54, 1.807) is 7.11 Å². The maximum absolute atomic E-state index is 13.0. The van der Waals surface area contributed by atoms with Crippen LogP contribution in [0.3, 0.4) is 0 Å². The van der Waals surface area contributed by atoms with Crippen molar-refractivity contribution in [3.8, 4) is 5.75 Å². The second kappa shape index (κ2) is 5.68. The molecule has 3 aromatic rings. The zero-order valence-corrected chi connectivity index (χ0v) is 13.6. The van der Waals surface area contributed by atoms with Gasteiger partial charge in [0.2, 0.25) is 5.91 Å². The summed E-state index contributed by atoms with van der Waals surface area (Å²) in [6, 6.07) is 21.8. The molecule has 0 saturated heterocycles. The van der Waals surface area contributed by atoms with Crippen LogP contribution in [0.4, 0.5) is 5.69 Å². The lowest BCUT2D eigenvalue weighted by Crippen LogP contribution is -2.27. The van der Waals surface area contributed by atoms with Gasteiger partial charge < -0.3 is 10.1 Å². The van der Waals surface area contributed by atoms with Crippen LogP contribution in [0.25, 0.3) is 10.8 Å². The zero-order valence-electron chi connectivity index (χ0n) is 13.6. The highest BCUT2D eigenvalue weighted by Crippen LogP contribution is 2.49. The van der Waals surface area contributed by atoms with Gasteiger partial charge in [-0.15, -0.1) is 0 Å². The van der Waals surface area contributed by atoms with Crippen molar-refractivity contribution in [1.82, 2.24) is 0 Å².